The first-order valence-electron chi connectivity index (χ1n) is 3.56. The second-order valence-corrected chi connectivity index (χ2v) is 2.83. The molecule has 1 aromatic rings. The number of hydrogen-bond donors (Lipinski definition) is 0. The number of oxazole rings is 1. The fourth-order valence-corrected chi connectivity index (χ4v) is 0.955. The highest BCUT2D eigenvalue weighted by atomic mass is 16.4. The van der Waals surface area contributed by atoms with Crippen LogP contribution in [0.15, 0.2) is 4.42 Å². The third kappa shape index (κ3) is 0.838. The summed E-state index contributed by atoms with van der Waals surface area (Å²) in [6, 6.07) is 0. The van der Waals surface area contributed by atoms with E-state index in [-0.39, 0.29) is 0 Å². The number of hydrogen-bond acceptors (Lipinski definition) is 2. The largest absolute Gasteiger partial charge is 0.445 e. The standard InChI is InChI=1S/C8H10NO/c1-5-6(2)10-8(9-5)7-3-4-7/h7H,1,3-4H2,2H3. The van der Waals surface area contributed by atoms with Crippen LogP contribution in [0.5, 0.6) is 0 Å². The first-order valence-corrected chi connectivity index (χ1v) is 3.56. The lowest BCUT2D eigenvalue weighted by Gasteiger charge is -1.83. The Balaban J connectivity index is 2.34. The van der Waals surface area contributed by atoms with E-state index in [9.17, 15) is 0 Å². The molecule has 1 radical (unpaired) electrons. The van der Waals surface area contributed by atoms with E-state index in [4.69, 9.17) is 4.42 Å². The zero-order chi connectivity index (χ0) is 7.14. The minimum absolute atomic E-state index is 0.606. The molecule has 0 atom stereocenters. The molecule has 2 heteroatoms. The van der Waals surface area contributed by atoms with Gasteiger partial charge in [0, 0.05) is 5.92 Å². The van der Waals surface area contributed by atoms with Crippen LogP contribution in [-0.4, -0.2) is 4.98 Å². The van der Waals surface area contributed by atoms with Gasteiger partial charge in [-0.3, -0.25) is 0 Å². The molecule has 2 nitrogen and oxygen atoms in total. The minimum Gasteiger partial charge on any atom is -0.445 e. The topological polar surface area (TPSA) is 26.0 Å². The van der Waals surface area contributed by atoms with Crippen molar-refractivity contribution in [3.63, 3.8) is 0 Å². The van der Waals surface area contributed by atoms with E-state index in [0.29, 0.717) is 5.92 Å². The molecular formula is C8H10NO. The van der Waals surface area contributed by atoms with Gasteiger partial charge in [0.1, 0.15) is 5.76 Å². The van der Waals surface area contributed by atoms with Crippen molar-refractivity contribution < 1.29 is 4.42 Å². The molecule has 0 spiro atoms. The molecule has 2 rings (SSSR count). The fourth-order valence-electron chi connectivity index (χ4n) is 0.955. The van der Waals surface area contributed by atoms with Gasteiger partial charge in [0.05, 0.1) is 5.69 Å². The predicted octanol–water partition coefficient (Wildman–Crippen LogP) is 2.04. The van der Waals surface area contributed by atoms with Crippen molar-refractivity contribution in [3.05, 3.63) is 24.3 Å². The van der Waals surface area contributed by atoms with Gasteiger partial charge in [-0.25, -0.2) is 4.98 Å². The summed E-state index contributed by atoms with van der Waals surface area (Å²) in [7, 11) is 0. The Labute approximate surface area is 60.3 Å². The fraction of sp³-hybridized carbons (Fsp3) is 0.500. The van der Waals surface area contributed by atoms with Gasteiger partial charge in [-0.2, -0.15) is 0 Å². The normalized spacial score (nSPS) is 17.8. The SMILES string of the molecule is [CH2]c1nc(C2CC2)oc1C. The van der Waals surface area contributed by atoms with Crippen molar-refractivity contribution in [1.82, 2.24) is 4.98 Å². The van der Waals surface area contributed by atoms with Crippen molar-refractivity contribution >= 4 is 0 Å². The number of nitrogens with zero attached hydrogens (tertiary/aromatic N) is 1. The third-order valence-corrected chi connectivity index (χ3v) is 1.84. The van der Waals surface area contributed by atoms with Gasteiger partial charge in [-0.1, -0.05) is 0 Å². The van der Waals surface area contributed by atoms with E-state index in [1.165, 1.54) is 12.8 Å². The highest BCUT2D eigenvalue weighted by molar-refractivity contribution is 5.14. The summed E-state index contributed by atoms with van der Waals surface area (Å²) in [6.45, 7) is 5.65. The van der Waals surface area contributed by atoms with Crippen molar-refractivity contribution in [2.45, 2.75) is 25.7 Å². The molecular weight excluding hydrogens is 126 g/mol. The molecule has 10 heavy (non-hydrogen) atoms. The Morgan fingerprint density at radius 1 is 1.60 bits per heavy atom. The highest BCUT2D eigenvalue weighted by Crippen LogP contribution is 2.39. The van der Waals surface area contributed by atoms with E-state index >= 15 is 0 Å². The second kappa shape index (κ2) is 1.84. The molecule has 0 saturated heterocycles. The Morgan fingerprint density at radius 3 is 2.70 bits per heavy atom. The molecule has 0 unspecified atom stereocenters. The Morgan fingerprint density at radius 2 is 2.30 bits per heavy atom. The van der Waals surface area contributed by atoms with Crippen LogP contribution in [0.2, 0.25) is 0 Å². The van der Waals surface area contributed by atoms with E-state index in [1.54, 1.807) is 0 Å². The summed E-state index contributed by atoms with van der Waals surface area (Å²) < 4.78 is 5.36. The zero-order valence-corrected chi connectivity index (χ0v) is 6.05. The van der Waals surface area contributed by atoms with E-state index in [0.717, 1.165) is 17.3 Å². The smallest absolute Gasteiger partial charge is 0.197 e. The molecule has 1 saturated carbocycles. The van der Waals surface area contributed by atoms with Gasteiger partial charge < -0.3 is 4.42 Å². The Bertz CT molecular complexity index is 228. The Hall–Kier alpha value is -0.790. The molecule has 1 aliphatic rings. The molecule has 0 aromatic carbocycles. The van der Waals surface area contributed by atoms with Gasteiger partial charge in [0.2, 0.25) is 0 Å². The molecule has 1 heterocycles. The van der Waals surface area contributed by atoms with Crippen LogP contribution < -0.4 is 0 Å². The molecule has 1 aromatic heterocycles. The van der Waals surface area contributed by atoms with E-state index in [1.807, 2.05) is 6.92 Å². The number of aryl methyl sites for hydroxylation is 1. The zero-order valence-electron chi connectivity index (χ0n) is 6.05. The van der Waals surface area contributed by atoms with Gasteiger partial charge >= 0.3 is 0 Å². The molecule has 0 bridgehead atoms. The van der Waals surface area contributed by atoms with Gasteiger partial charge in [-0.15, -0.1) is 0 Å². The number of rotatable bonds is 1. The third-order valence-electron chi connectivity index (χ3n) is 1.84. The van der Waals surface area contributed by atoms with E-state index in [2.05, 4.69) is 11.9 Å². The first-order chi connectivity index (χ1) is 4.77. The van der Waals surface area contributed by atoms with Crippen LogP contribution in [0.25, 0.3) is 0 Å². The van der Waals surface area contributed by atoms with E-state index < -0.39 is 0 Å². The van der Waals surface area contributed by atoms with Crippen molar-refractivity contribution in [2.24, 2.45) is 0 Å². The van der Waals surface area contributed by atoms with Crippen molar-refractivity contribution in [2.75, 3.05) is 0 Å². The monoisotopic (exact) mass is 136 g/mol. The quantitative estimate of drug-likeness (QED) is 0.590. The molecule has 0 amide bonds. The van der Waals surface area contributed by atoms with Crippen LogP contribution >= 0.6 is 0 Å². The van der Waals surface area contributed by atoms with Crippen LogP contribution in [0.4, 0.5) is 0 Å². The second-order valence-electron chi connectivity index (χ2n) is 2.83. The first kappa shape index (κ1) is 5.96. The van der Waals surface area contributed by atoms with Crippen LogP contribution in [0.1, 0.15) is 36.1 Å². The minimum atomic E-state index is 0.606. The maximum absolute atomic E-state index is 5.36. The summed E-state index contributed by atoms with van der Waals surface area (Å²) in [6.07, 6.45) is 2.47. The Kier molecular flexibility index (Phi) is 1.10. The average Bonchev–Trinajstić information content (AvgIpc) is 2.64. The van der Waals surface area contributed by atoms with Crippen molar-refractivity contribution in [3.8, 4) is 0 Å². The summed E-state index contributed by atoms with van der Waals surface area (Å²) in [5.74, 6) is 2.36. The average molecular weight is 136 g/mol. The lowest BCUT2D eigenvalue weighted by molar-refractivity contribution is 0.473. The lowest BCUT2D eigenvalue weighted by atomic mass is 10.4. The molecule has 1 fully saturated rings. The predicted molar refractivity (Wildman–Crippen MR) is 37.7 cm³/mol. The summed E-state index contributed by atoms with van der Waals surface area (Å²) in [5.41, 5.74) is 0.793. The summed E-state index contributed by atoms with van der Waals surface area (Å²) in [5, 5.41) is 0. The summed E-state index contributed by atoms with van der Waals surface area (Å²) >= 11 is 0. The molecule has 0 aliphatic heterocycles. The van der Waals surface area contributed by atoms with Gasteiger partial charge in [-0.05, 0) is 26.7 Å². The lowest BCUT2D eigenvalue weighted by Crippen LogP contribution is -1.76. The van der Waals surface area contributed by atoms with Crippen LogP contribution in [-0.2, 0) is 0 Å². The summed E-state index contributed by atoms with van der Waals surface area (Å²) in [4.78, 5) is 4.19. The molecule has 0 N–H and O–H groups in total. The molecule has 53 valence electrons. The maximum atomic E-state index is 5.36. The number of aromatic nitrogens is 1. The maximum Gasteiger partial charge on any atom is 0.197 e. The van der Waals surface area contributed by atoms with Gasteiger partial charge in [0.25, 0.3) is 0 Å². The van der Waals surface area contributed by atoms with Gasteiger partial charge in [0.15, 0.2) is 5.89 Å². The highest BCUT2D eigenvalue weighted by Gasteiger charge is 2.28. The molecule has 1 aliphatic carbocycles. The van der Waals surface area contributed by atoms with Crippen LogP contribution in [0.3, 0.4) is 0 Å². The van der Waals surface area contributed by atoms with Crippen LogP contribution in [0, 0.1) is 13.8 Å². The van der Waals surface area contributed by atoms with Crippen molar-refractivity contribution in [1.29, 1.82) is 0 Å².